The van der Waals surface area contributed by atoms with E-state index in [0.717, 1.165) is 19.5 Å². The maximum atomic E-state index is 12.7. The molecule has 0 aliphatic heterocycles. The van der Waals surface area contributed by atoms with Crippen molar-refractivity contribution >= 4 is 11.9 Å². The molecule has 122 valence electrons. The predicted octanol–water partition coefficient (Wildman–Crippen LogP) is 2.20. The first-order valence-electron chi connectivity index (χ1n) is 5.69. The molecule has 0 amide bonds. The van der Waals surface area contributed by atoms with E-state index in [0.29, 0.717) is 12.4 Å². The van der Waals surface area contributed by atoms with Crippen LogP contribution in [-0.2, 0) is 4.74 Å². The number of pyridine rings is 2. The molecule has 6 nitrogen and oxygen atoms in total. The predicted molar refractivity (Wildman–Crippen MR) is 66.6 cm³/mol. The van der Waals surface area contributed by atoms with Gasteiger partial charge >= 0.3 is 11.9 Å². The molecule has 0 aromatic carbocycles. The summed E-state index contributed by atoms with van der Waals surface area (Å²) in [5.41, 5.74) is -1.69. The highest BCUT2D eigenvalue weighted by atomic mass is 19.1. The summed E-state index contributed by atoms with van der Waals surface area (Å²) in [7, 11) is 1.04. The molecule has 2 heterocycles. The molecule has 0 saturated carbocycles. The van der Waals surface area contributed by atoms with Gasteiger partial charge in [-0.3, -0.25) is 9.97 Å². The first kappa shape index (κ1) is 18.0. The molecule has 0 saturated heterocycles. The van der Waals surface area contributed by atoms with Crippen LogP contribution in [0.1, 0.15) is 20.7 Å². The number of carbonyl (C=O) groups excluding carboxylic acids is 1. The summed E-state index contributed by atoms with van der Waals surface area (Å²) >= 11 is 0. The van der Waals surface area contributed by atoms with Crippen molar-refractivity contribution in [1.82, 2.24) is 9.97 Å². The molecule has 10 heteroatoms. The van der Waals surface area contributed by atoms with Crippen LogP contribution in [0, 0.1) is 23.3 Å². The molecule has 0 unspecified atom stereocenters. The fourth-order valence-corrected chi connectivity index (χ4v) is 1.32. The van der Waals surface area contributed by atoms with Crippen LogP contribution in [0.2, 0.25) is 0 Å². The lowest BCUT2D eigenvalue weighted by Gasteiger charge is -2.00. The van der Waals surface area contributed by atoms with Gasteiger partial charge in [-0.1, -0.05) is 0 Å². The zero-order chi connectivity index (χ0) is 17.6. The summed E-state index contributed by atoms with van der Waals surface area (Å²) in [6.45, 7) is 0. The fourth-order valence-electron chi connectivity index (χ4n) is 1.32. The number of rotatable bonds is 2. The van der Waals surface area contributed by atoms with Crippen LogP contribution >= 0.6 is 0 Å². The van der Waals surface area contributed by atoms with Crippen molar-refractivity contribution in [3.8, 4) is 0 Å². The quantitative estimate of drug-likeness (QED) is 0.670. The lowest BCUT2D eigenvalue weighted by Crippen LogP contribution is -2.07. The van der Waals surface area contributed by atoms with E-state index >= 15 is 0 Å². The number of ether oxygens (including phenoxy) is 1. The zero-order valence-electron chi connectivity index (χ0n) is 11.4. The zero-order valence-corrected chi connectivity index (χ0v) is 11.4. The first-order valence-corrected chi connectivity index (χ1v) is 5.69. The Morgan fingerprint density at radius 1 is 0.870 bits per heavy atom. The number of aromatic carboxylic acids is 1. The number of hydrogen-bond donors (Lipinski definition) is 1. The van der Waals surface area contributed by atoms with Gasteiger partial charge in [0.25, 0.3) is 0 Å². The average Bonchev–Trinajstić information content (AvgIpc) is 2.47. The normalized spacial score (nSPS) is 9.61. The third-order valence-electron chi connectivity index (χ3n) is 2.31. The van der Waals surface area contributed by atoms with Gasteiger partial charge in [0.1, 0.15) is 11.1 Å². The molecular formula is C13H8F4N2O4. The maximum Gasteiger partial charge on any atom is 0.343 e. The number of carbonyl (C=O) groups is 2. The highest BCUT2D eigenvalue weighted by Crippen LogP contribution is 2.11. The Labute approximate surface area is 126 Å². The topological polar surface area (TPSA) is 89.4 Å². The molecule has 2 rings (SSSR count). The molecule has 0 radical (unpaired) electrons. The van der Waals surface area contributed by atoms with E-state index in [9.17, 15) is 27.2 Å². The van der Waals surface area contributed by atoms with Gasteiger partial charge in [-0.05, 0) is 0 Å². The lowest BCUT2D eigenvalue weighted by atomic mass is 10.2. The van der Waals surface area contributed by atoms with Gasteiger partial charge < -0.3 is 9.84 Å². The van der Waals surface area contributed by atoms with Crippen molar-refractivity contribution in [3.63, 3.8) is 0 Å². The minimum absolute atomic E-state index is 0.645. The summed E-state index contributed by atoms with van der Waals surface area (Å²) in [5.74, 6) is -7.08. The Kier molecular flexibility index (Phi) is 6.13. The van der Waals surface area contributed by atoms with Crippen LogP contribution in [0.3, 0.4) is 0 Å². The minimum Gasteiger partial charge on any atom is -0.477 e. The number of carboxylic acids is 1. The van der Waals surface area contributed by atoms with Gasteiger partial charge in [-0.15, -0.1) is 0 Å². The van der Waals surface area contributed by atoms with Gasteiger partial charge in [0.05, 0.1) is 31.9 Å². The SMILES string of the molecule is COC(=O)c1c(F)cncc1F.O=C(O)c1c(F)cncc1F. The number of carboxylic acid groups (broad SMARTS) is 1. The summed E-state index contributed by atoms with van der Waals surface area (Å²) in [6.07, 6.45) is 2.78. The van der Waals surface area contributed by atoms with E-state index in [-0.39, 0.29) is 0 Å². The van der Waals surface area contributed by atoms with Crippen LogP contribution in [0.25, 0.3) is 0 Å². The standard InChI is InChI=1S/C7H5F2NO2.C6H3F2NO2/c1-12-7(11)6-4(8)2-10-3-5(6)9;7-3-1-9-2-4(8)5(3)6(10)11/h2-3H,1H3;1-2H,(H,10,11). The van der Waals surface area contributed by atoms with E-state index in [1.807, 2.05) is 0 Å². The van der Waals surface area contributed by atoms with Gasteiger partial charge in [0, 0.05) is 0 Å². The number of nitrogens with zero attached hydrogens (tertiary/aromatic N) is 2. The minimum atomic E-state index is -1.64. The second-order valence-electron chi connectivity index (χ2n) is 3.75. The second-order valence-corrected chi connectivity index (χ2v) is 3.75. The molecule has 0 spiro atoms. The highest BCUT2D eigenvalue weighted by Gasteiger charge is 2.17. The van der Waals surface area contributed by atoms with E-state index in [2.05, 4.69) is 14.7 Å². The Balaban J connectivity index is 0.000000231. The van der Waals surface area contributed by atoms with Crippen molar-refractivity contribution in [1.29, 1.82) is 0 Å². The van der Waals surface area contributed by atoms with Crippen LogP contribution in [0.5, 0.6) is 0 Å². The molecule has 1 N–H and O–H groups in total. The second kappa shape index (κ2) is 7.82. The van der Waals surface area contributed by atoms with Crippen molar-refractivity contribution in [2.24, 2.45) is 0 Å². The molecule has 2 aromatic heterocycles. The number of halogens is 4. The summed E-state index contributed by atoms with van der Waals surface area (Å²) in [5, 5.41) is 8.24. The number of aromatic nitrogens is 2. The Morgan fingerprint density at radius 2 is 1.22 bits per heavy atom. The van der Waals surface area contributed by atoms with Gasteiger partial charge in [-0.25, -0.2) is 27.2 Å². The van der Waals surface area contributed by atoms with Crippen LogP contribution in [0.15, 0.2) is 24.8 Å². The third-order valence-corrected chi connectivity index (χ3v) is 2.31. The van der Waals surface area contributed by atoms with E-state index in [1.54, 1.807) is 0 Å². The van der Waals surface area contributed by atoms with E-state index in [4.69, 9.17) is 5.11 Å². The monoisotopic (exact) mass is 332 g/mol. The molecule has 23 heavy (non-hydrogen) atoms. The smallest absolute Gasteiger partial charge is 0.343 e. The summed E-state index contributed by atoms with van der Waals surface area (Å²) in [4.78, 5) is 27.2. The van der Waals surface area contributed by atoms with Crippen molar-refractivity contribution in [3.05, 3.63) is 59.2 Å². The van der Waals surface area contributed by atoms with Crippen molar-refractivity contribution < 1.29 is 37.0 Å². The molecule has 0 fully saturated rings. The average molecular weight is 332 g/mol. The number of esters is 1. The molecular weight excluding hydrogens is 324 g/mol. The summed E-state index contributed by atoms with van der Waals surface area (Å²) in [6, 6.07) is 0. The van der Waals surface area contributed by atoms with E-state index < -0.39 is 46.3 Å². The number of methoxy groups -OCH3 is 1. The molecule has 0 atom stereocenters. The Morgan fingerprint density at radius 3 is 1.48 bits per heavy atom. The lowest BCUT2D eigenvalue weighted by molar-refractivity contribution is 0.0588. The van der Waals surface area contributed by atoms with Crippen LogP contribution < -0.4 is 0 Å². The molecule has 0 bridgehead atoms. The van der Waals surface area contributed by atoms with E-state index in [1.165, 1.54) is 0 Å². The number of hydrogen-bond acceptors (Lipinski definition) is 5. The van der Waals surface area contributed by atoms with Crippen molar-refractivity contribution in [2.75, 3.05) is 7.11 Å². The van der Waals surface area contributed by atoms with Gasteiger partial charge in [-0.2, -0.15) is 0 Å². The Hall–Kier alpha value is -3.04. The maximum absolute atomic E-state index is 12.7. The third kappa shape index (κ3) is 4.46. The van der Waals surface area contributed by atoms with Crippen LogP contribution in [-0.4, -0.2) is 34.1 Å². The van der Waals surface area contributed by atoms with Gasteiger partial charge in [0.2, 0.25) is 0 Å². The first-order chi connectivity index (χ1) is 10.8. The highest BCUT2D eigenvalue weighted by molar-refractivity contribution is 5.89. The Bertz CT molecular complexity index is 699. The summed E-state index contributed by atoms with van der Waals surface area (Å²) < 4.78 is 54.4. The van der Waals surface area contributed by atoms with Gasteiger partial charge in [0.15, 0.2) is 23.3 Å². The largest absolute Gasteiger partial charge is 0.477 e. The molecule has 2 aromatic rings. The fraction of sp³-hybridized carbons (Fsp3) is 0.0769. The van der Waals surface area contributed by atoms with Crippen LogP contribution in [0.4, 0.5) is 17.6 Å². The molecule has 0 aliphatic rings. The van der Waals surface area contributed by atoms with Crippen molar-refractivity contribution in [2.45, 2.75) is 0 Å². The molecule has 0 aliphatic carbocycles.